The van der Waals surface area contributed by atoms with Crippen molar-refractivity contribution in [2.45, 2.75) is 43.3 Å². The van der Waals surface area contributed by atoms with Crippen molar-refractivity contribution in [2.75, 3.05) is 6.61 Å². The smallest absolute Gasteiger partial charge is 0.296 e. The Morgan fingerprint density at radius 3 is 2.63 bits per heavy atom. The van der Waals surface area contributed by atoms with Crippen LogP contribution < -0.4 is 0 Å². The molecule has 0 spiro atoms. The molecule has 1 aromatic carbocycles. The first-order valence-corrected chi connectivity index (χ1v) is 7.94. The van der Waals surface area contributed by atoms with Crippen LogP contribution in [0.15, 0.2) is 29.2 Å². The maximum Gasteiger partial charge on any atom is 0.296 e. The molecule has 3 atom stereocenters. The molecule has 2 aliphatic rings. The molecular weight excluding hydrogens is 264 g/mol. The van der Waals surface area contributed by atoms with Crippen LogP contribution in [0, 0.1) is 12.8 Å². The Labute approximate surface area is 113 Å². The minimum absolute atomic E-state index is 0.0123. The van der Waals surface area contributed by atoms with Crippen LogP contribution >= 0.6 is 0 Å². The Morgan fingerprint density at radius 1 is 1.37 bits per heavy atom. The van der Waals surface area contributed by atoms with Gasteiger partial charge in [-0.1, -0.05) is 17.7 Å². The number of benzene rings is 1. The molecule has 2 fully saturated rings. The first-order chi connectivity index (χ1) is 8.89. The average molecular weight is 282 g/mol. The molecule has 1 aliphatic heterocycles. The third kappa shape index (κ3) is 2.55. The van der Waals surface area contributed by atoms with Gasteiger partial charge in [-0.05, 0) is 44.7 Å². The largest absolute Gasteiger partial charge is 0.366 e. The maximum atomic E-state index is 12.0. The van der Waals surface area contributed by atoms with E-state index in [0.717, 1.165) is 18.4 Å². The molecule has 104 valence electrons. The molecule has 1 saturated carbocycles. The fourth-order valence-corrected chi connectivity index (χ4v) is 3.79. The van der Waals surface area contributed by atoms with Crippen molar-refractivity contribution in [2.24, 2.45) is 5.92 Å². The summed E-state index contributed by atoms with van der Waals surface area (Å²) >= 11 is 0. The first-order valence-electron chi connectivity index (χ1n) is 6.53. The Morgan fingerprint density at radius 2 is 2.05 bits per heavy atom. The zero-order chi connectivity index (χ0) is 13.7. The maximum absolute atomic E-state index is 12.0. The second-order valence-electron chi connectivity index (χ2n) is 5.78. The molecule has 0 unspecified atom stereocenters. The highest BCUT2D eigenvalue weighted by Crippen LogP contribution is 2.52. The molecule has 1 saturated heterocycles. The van der Waals surface area contributed by atoms with Crippen LogP contribution in [-0.2, 0) is 19.0 Å². The predicted molar refractivity (Wildman–Crippen MR) is 70.3 cm³/mol. The van der Waals surface area contributed by atoms with E-state index in [1.807, 2.05) is 6.92 Å². The van der Waals surface area contributed by atoms with Gasteiger partial charge in [-0.15, -0.1) is 0 Å². The van der Waals surface area contributed by atoms with Crippen LogP contribution in [0.25, 0.3) is 0 Å². The molecule has 0 N–H and O–H groups in total. The molecule has 1 aromatic rings. The second-order valence-corrected chi connectivity index (χ2v) is 7.39. The molecule has 1 heterocycles. The Kier molecular flexibility index (Phi) is 2.96. The van der Waals surface area contributed by atoms with Gasteiger partial charge in [0.25, 0.3) is 10.1 Å². The summed E-state index contributed by atoms with van der Waals surface area (Å²) in [5.41, 5.74) is 1.02. The monoisotopic (exact) mass is 282 g/mol. The SMILES string of the molecule is Cc1ccc(S(=O)(=O)OC[C@@H]2C[C@H]3O[C@@]3(C)C2)cc1. The van der Waals surface area contributed by atoms with Crippen LogP contribution in [0.2, 0.25) is 0 Å². The van der Waals surface area contributed by atoms with E-state index >= 15 is 0 Å². The number of aryl methyl sites for hydroxylation is 1. The average Bonchev–Trinajstić information content (AvgIpc) is 2.86. The van der Waals surface area contributed by atoms with E-state index in [-0.39, 0.29) is 23.0 Å². The highest BCUT2D eigenvalue weighted by Gasteiger charge is 2.58. The number of epoxide rings is 1. The zero-order valence-corrected chi connectivity index (χ0v) is 11.9. The lowest BCUT2D eigenvalue weighted by molar-refractivity contribution is 0.174. The first kappa shape index (κ1) is 13.1. The molecule has 0 bridgehead atoms. The van der Waals surface area contributed by atoms with Crippen molar-refractivity contribution < 1.29 is 17.3 Å². The molecule has 0 radical (unpaired) electrons. The Hall–Kier alpha value is -0.910. The minimum atomic E-state index is -3.63. The van der Waals surface area contributed by atoms with Crippen molar-refractivity contribution in [3.63, 3.8) is 0 Å². The Balaban J connectivity index is 1.61. The van der Waals surface area contributed by atoms with Gasteiger partial charge < -0.3 is 4.74 Å². The van der Waals surface area contributed by atoms with Crippen LogP contribution in [-0.4, -0.2) is 26.7 Å². The van der Waals surface area contributed by atoms with E-state index in [1.54, 1.807) is 24.3 Å². The minimum Gasteiger partial charge on any atom is -0.366 e. The summed E-state index contributed by atoms with van der Waals surface area (Å²) < 4.78 is 34.7. The van der Waals surface area contributed by atoms with E-state index < -0.39 is 10.1 Å². The number of ether oxygens (including phenoxy) is 1. The van der Waals surface area contributed by atoms with E-state index in [9.17, 15) is 8.42 Å². The fraction of sp³-hybridized carbons (Fsp3) is 0.571. The van der Waals surface area contributed by atoms with Gasteiger partial charge >= 0.3 is 0 Å². The summed E-state index contributed by atoms with van der Waals surface area (Å²) in [6, 6.07) is 6.72. The molecule has 0 amide bonds. The highest BCUT2D eigenvalue weighted by atomic mass is 32.2. The summed E-state index contributed by atoms with van der Waals surface area (Å²) in [5, 5.41) is 0. The molecule has 5 heteroatoms. The van der Waals surface area contributed by atoms with Gasteiger partial charge in [0.15, 0.2) is 0 Å². The number of rotatable bonds is 4. The van der Waals surface area contributed by atoms with Crippen molar-refractivity contribution in [1.82, 2.24) is 0 Å². The third-order valence-corrected chi connectivity index (χ3v) is 5.34. The molecular formula is C14H18O4S. The molecule has 0 aromatic heterocycles. The number of hydrogen-bond donors (Lipinski definition) is 0. The standard InChI is InChI=1S/C14H18O4S/c1-10-3-5-12(6-4-10)19(15,16)17-9-11-7-13-14(2,8-11)18-13/h3-6,11,13H,7-9H2,1-2H3/t11-,13-,14+/m1/s1. The van der Waals surface area contributed by atoms with Gasteiger partial charge in [0.05, 0.1) is 23.2 Å². The highest BCUT2D eigenvalue weighted by molar-refractivity contribution is 7.86. The quantitative estimate of drug-likeness (QED) is 0.628. The van der Waals surface area contributed by atoms with Crippen LogP contribution in [0.1, 0.15) is 25.3 Å². The van der Waals surface area contributed by atoms with Crippen molar-refractivity contribution in [3.8, 4) is 0 Å². The van der Waals surface area contributed by atoms with E-state index in [2.05, 4.69) is 6.92 Å². The van der Waals surface area contributed by atoms with Gasteiger partial charge in [-0.25, -0.2) is 0 Å². The lowest BCUT2D eigenvalue weighted by atomic mass is 10.1. The van der Waals surface area contributed by atoms with E-state index in [0.29, 0.717) is 6.10 Å². The predicted octanol–water partition coefficient (Wildman–Crippen LogP) is 2.27. The summed E-state index contributed by atoms with van der Waals surface area (Å²) in [6.07, 6.45) is 2.10. The summed E-state index contributed by atoms with van der Waals surface area (Å²) in [4.78, 5) is 0.226. The lowest BCUT2D eigenvalue weighted by Crippen LogP contribution is -2.16. The fourth-order valence-electron chi connectivity index (χ4n) is 2.81. The van der Waals surface area contributed by atoms with Crippen LogP contribution in [0.4, 0.5) is 0 Å². The van der Waals surface area contributed by atoms with Gasteiger partial charge in [-0.2, -0.15) is 8.42 Å². The summed E-state index contributed by atoms with van der Waals surface area (Å²) in [6.45, 7) is 4.25. The van der Waals surface area contributed by atoms with Crippen molar-refractivity contribution >= 4 is 10.1 Å². The zero-order valence-electron chi connectivity index (χ0n) is 11.1. The van der Waals surface area contributed by atoms with Crippen LogP contribution in [0.3, 0.4) is 0 Å². The summed E-state index contributed by atoms with van der Waals surface area (Å²) in [7, 11) is -3.63. The molecule has 4 nitrogen and oxygen atoms in total. The van der Waals surface area contributed by atoms with Crippen molar-refractivity contribution in [3.05, 3.63) is 29.8 Å². The summed E-state index contributed by atoms with van der Waals surface area (Å²) in [5.74, 6) is 0.281. The van der Waals surface area contributed by atoms with Crippen LogP contribution in [0.5, 0.6) is 0 Å². The van der Waals surface area contributed by atoms with Gasteiger partial charge in [0.2, 0.25) is 0 Å². The topological polar surface area (TPSA) is 55.9 Å². The number of hydrogen-bond acceptors (Lipinski definition) is 4. The van der Waals surface area contributed by atoms with Gasteiger partial charge in [0.1, 0.15) is 0 Å². The third-order valence-electron chi connectivity index (χ3n) is 4.05. The van der Waals surface area contributed by atoms with E-state index in [1.165, 1.54) is 0 Å². The van der Waals surface area contributed by atoms with E-state index in [4.69, 9.17) is 8.92 Å². The van der Waals surface area contributed by atoms with Gasteiger partial charge in [-0.3, -0.25) is 4.18 Å². The Bertz CT molecular complexity index is 578. The normalized spacial score (nSPS) is 33.2. The van der Waals surface area contributed by atoms with Crippen molar-refractivity contribution in [1.29, 1.82) is 0 Å². The lowest BCUT2D eigenvalue weighted by Gasteiger charge is -2.13. The molecule has 3 rings (SSSR count). The number of fused-ring (bicyclic) bond motifs is 1. The van der Waals surface area contributed by atoms with Gasteiger partial charge in [0, 0.05) is 0 Å². The molecule has 1 aliphatic carbocycles. The molecule has 19 heavy (non-hydrogen) atoms. The second kappa shape index (κ2) is 4.30.